The Labute approximate surface area is 113 Å². The van der Waals surface area contributed by atoms with Crippen LogP contribution in [-0.2, 0) is 30.3 Å². The van der Waals surface area contributed by atoms with Crippen molar-refractivity contribution in [2.75, 3.05) is 12.9 Å². The average Bonchev–Trinajstić information content (AvgIpc) is 2.34. The molecule has 0 spiro atoms. The fourth-order valence-corrected chi connectivity index (χ4v) is 2.19. The first-order valence-electron chi connectivity index (χ1n) is 6.01. The van der Waals surface area contributed by atoms with Gasteiger partial charge in [-0.2, -0.15) is 8.42 Å². The number of carbonyl (C=O) groups is 1. The monoisotopic (exact) mass is 286 g/mol. The standard InChI is InChI=1S/C13H18O5S/c1-3-17-13(14)12(18-19(2,15)16)10-9-11-7-5-4-6-8-11/h4-8,12H,3,9-10H2,1-2H3/t12-/m0/s1. The van der Waals surface area contributed by atoms with Gasteiger partial charge in [0.2, 0.25) is 0 Å². The van der Waals surface area contributed by atoms with E-state index < -0.39 is 22.2 Å². The summed E-state index contributed by atoms with van der Waals surface area (Å²) in [6.45, 7) is 1.85. The molecule has 0 aromatic heterocycles. The number of rotatable bonds is 7. The fraction of sp³-hybridized carbons (Fsp3) is 0.462. The number of ether oxygens (including phenoxy) is 1. The van der Waals surface area contributed by atoms with Crippen LogP contribution in [0.3, 0.4) is 0 Å². The zero-order chi connectivity index (χ0) is 14.3. The van der Waals surface area contributed by atoms with Crippen LogP contribution < -0.4 is 0 Å². The molecule has 1 atom stereocenters. The quantitative estimate of drug-likeness (QED) is 0.561. The molecular formula is C13H18O5S. The fourth-order valence-electron chi connectivity index (χ4n) is 1.59. The van der Waals surface area contributed by atoms with Crippen molar-refractivity contribution in [2.45, 2.75) is 25.9 Å². The first-order chi connectivity index (χ1) is 8.92. The highest BCUT2D eigenvalue weighted by atomic mass is 32.2. The number of hydrogen-bond donors (Lipinski definition) is 0. The predicted octanol–water partition coefficient (Wildman–Crippen LogP) is 1.53. The maximum atomic E-state index is 11.6. The summed E-state index contributed by atoms with van der Waals surface area (Å²) >= 11 is 0. The molecule has 0 radical (unpaired) electrons. The van der Waals surface area contributed by atoms with Crippen molar-refractivity contribution in [1.29, 1.82) is 0 Å². The molecule has 1 aromatic rings. The lowest BCUT2D eigenvalue weighted by Gasteiger charge is -2.14. The Kier molecular flexibility index (Phi) is 5.98. The normalized spacial score (nSPS) is 12.9. The van der Waals surface area contributed by atoms with Gasteiger partial charge in [-0.25, -0.2) is 4.79 Å². The van der Waals surface area contributed by atoms with Gasteiger partial charge in [0.25, 0.3) is 10.1 Å². The summed E-state index contributed by atoms with van der Waals surface area (Å²) in [5.41, 5.74) is 1.01. The van der Waals surface area contributed by atoms with Gasteiger partial charge in [-0.3, -0.25) is 4.18 Å². The molecule has 0 heterocycles. The minimum absolute atomic E-state index is 0.188. The van der Waals surface area contributed by atoms with Crippen LogP contribution in [-0.4, -0.2) is 33.4 Å². The van der Waals surface area contributed by atoms with Crippen molar-refractivity contribution in [3.05, 3.63) is 35.9 Å². The van der Waals surface area contributed by atoms with Crippen LogP contribution in [0.4, 0.5) is 0 Å². The first-order valence-corrected chi connectivity index (χ1v) is 7.83. The summed E-state index contributed by atoms with van der Waals surface area (Å²) in [4.78, 5) is 11.6. The Balaban J connectivity index is 2.66. The van der Waals surface area contributed by atoms with Crippen LogP contribution in [0.2, 0.25) is 0 Å². The minimum atomic E-state index is -3.69. The molecule has 0 aliphatic rings. The lowest BCUT2D eigenvalue weighted by molar-refractivity contribution is -0.151. The van der Waals surface area contributed by atoms with Crippen LogP contribution in [0.15, 0.2) is 30.3 Å². The third-order valence-corrected chi connectivity index (χ3v) is 2.96. The van der Waals surface area contributed by atoms with E-state index in [4.69, 9.17) is 8.92 Å². The number of benzene rings is 1. The molecule has 0 aliphatic heterocycles. The molecule has 106 valence electrons. The Morgan fingerprint density at radius 3 is 2.42 bits per heavy atom. The maximum absolute atomic E-state index is 11.6. The van der Waals surface area contributed by atoms with E-state index in [2.05, 4.69) is 0 Å². The van der Waals surface area contributed by atoms with Gasteiger partial charge in [0.05, 0.1) is 12.9 Å². The molecule has 1 rings (SSSR count). The van der Waals surface area contributed by atoms with E-state index in [1.165, 1.54) is 0 Å². The van der Waals surface area contributed by atoms with Gasteiger partial charge in [0.1, 0.15) is 0 Å². The van der Waals surface area contributed by atoms with E-state index in [1.807, 2.05) is 30.3 Å². The second-order valence-electron chi connectivity index (χ2n) is 4.07. The third kappa shape index (κ3) is 6.35. The molecule has 19 heavy (non-hydrogen) atoms. The Hall–Kier alpha value is -1.40. The molecule has 0 saturated heterocycles. The lowest BCUT2D eigenvalue weighted by Crippen LogP contribution is -2.29. The molecule has 0 N–H and O–H groups in total. The highest BCUT2D eigenvalue weighted by Crippen LogP contribution is 2.11. The zero-order valence-corrected chi connectivity index (χ0v) is 11.9. The van der Waals surface area contributed by atoms with Gasteiger partial charge < -0.3 is 4.74 Å². The minimum Gasteiger partial charge on any atom is -0.464 e. The molecule has 0 saturated carbocycles. The molecule has 6 heteroatoms. The van der Waals surface area contributed by atoms with Crippen molar-refractivity contribution >= 4 is 16.1 Å². The van der Waals surface area contributed by atoms with E-state index >= 15 is 0 Å². The van der Waals surface area contributed by atoms with Gasteiger partial charge >= 0.3 is 5.97 Å². The zero-order valence-electron chi connectivity index (χ0n) is 11.0. The Bertz CT molecular complexity index is 495. The summed E-state index contributed by atoms with van der Waals surface area (Å²) in [5.74, 6) is -0.649. The first kappa shape index (κ1) is 15.7. The van der Waals surface area contributed by atoms with Crippen LogP contribution >= 0.6 is 0 Å². The van der Waals surface area contributed by atoms with E-state index in [0.717, 1.165) is 11.8 Å². The van der Waals surface area contributed by atoms with Crippen LogP contribution in [0.5, 0.6) is 0 Å². The molecule has 1 aromatic carbocycles. The molecule has 0 bridgehead atoms. The Morgan fingerprint density at radius 2 is 1.89 bits per heavy atom. The van der Waals surface area contributed by atoms with E-state index in [9.17, 15) is 13.2 Å². The SMILES string of the molecule is CCOC(=O)[C@H](CCc1ccccc1)OS(C)(=O)=O. The van der Waals surface area contributed by atoms with Crippen LogP contribution in [0, 0.1) is 0 Å². The molecule has 0 unspecified atom stereocenters. The van der Waals surface area contributed by atoms with Crippen LogP contribution in [0.1, 0.15) is 18.9 Å². The van der Waals surface area contributed by atoms with Crippen molar-refractivity contribution in [1.82, 2.24) is 0 Å². The second-order valence-corrected chi connectivity index (χ2v) is 5.67. The topological polar surface area (TPSA) is 69.7 Å². The largest absolute Gasteiger partial charge is 0.464 e. The van der Waals surface area contributed by atoms with E-state index in [1.54, 1.807) is 6.92 Å². The molecule has 5 nitrogen and oxygen atoms in total. The van der Waals surface area contributed by atoms with Gasteiger partial charge in [-0.05, 0) is 25.3 Å². The summed E-state index contributed by atoms with van der Waals surface area (Å²) in [6.07, 6.45) is 0.632. The third-order valence-electron chi connectivity index (χ3n) is 2.38. The van der Waals surface area contributed by atoms with Gasteiger partial charge in [0, 0.05) is 0 Å². The number of carbonyl (C=O) groups excluding carboxylic acids is 1. The highest BCUT2D eigenvalue weighted by molar-refractivity contribution is 7.86. The lowest BCUT2D eigenvalue weighted by atomic mass is 10.1. The van der Waals surface area contributed by atoms with Crippen molar-refractivity contribution in [3.63, 3.8) is 0 Å². The number of aryl methyl sites for hydroxylation is 1. The Morgan fingerprint density at radius 1 is 1.26 bits per heavy atom. The summed E-state index contributed by atoms with van der Waals surface area (Å²) in [5, 5.41) is 0. The van der Waals surface area contributed by atoms with E-state index in [0.29, 0.717) is 6.42 Å². The number of hydrogen-bond acceptors (Lipinski definition) is 5. The maximum Gasteiger partial charge on any atom is 0.336 e. The van der Waals surface area contributed by atoms with Gasteiger partial charge in [-0.1, -0.05) is 30.3 Å². The van der Waals surface area contributed by atoms with Crippen molar-refractivity contribution in [2.24, 2.45) is 0 Å². The van der Waals surface area contributed by atoms with Crippen molar-refractivity contribution < 1.29 is 22.1 Å². The molecule has 0 amide bonds. The van der Waals surface area contributed by atoms with Crippen molar-refractivity contribution in [3.8, 4) is 0 Å². The average molecular weight is 286 g/mol. The summed E-state index contributed by atoms with van der Waals surface area (Å²) in [7, 11) is -3.69. The molecule has 0 fully saturated rings. The van der Waals surface area contributed by atoms with Crippen LogP contribution in [0.25, 0.3) is 0 Å². The summed E-state index contributed by atoms with van der Waals surface area (Å²) in [6, 6.07) is 9.46. The molecule has 0 aliphatic carbocycles. The van der Waals surface area contributed by atoms with E-state index in [-0.39, 0.29) is 13.0 Å². The summed E-state index contributed by atoms with van der Waals surface area (Å²) < 4.78 is 31.8. The predicted molar refractivity (Wildman–Crippen MR) is 71.1 cm³/mol. The van der Waals surface area contributed by atoms with Gasteiger partial charge in [-0.15, -0.1) is 0 Å². The highest BCUT2D eigenvalue weighted by Gasteiger charge is 2.24. The molecular weight excluding hydrogens is 268 g/mol. The number of esters is 1. The second kappa shape index (κ2) is 7.25. The smallest absolute Gasteiger partial charge is 0.336 e. The van der Waals surface area contributed by atoms with Gasteiger partial charge in [0.15, 0.2) is 6.10 Å².